The average Bonchev–Trinajstić information content (AvgIpc) is 3.43. The first-order valence-electron chi connectivity index (χ1n) is 12.5. The third kappa shape index (κ3) is 5.81. The van der Waals surface area contributed by atoms with E-state index >= 15 is 0 Å². The number of methoxy groups -OCH3 is 2. The van der Waals surface area contributed by atoms with Gasteiger partial charge in [-0.15, -0.1) is 22.7 Å². The van der Waals surface area contributed by atoms with Crippen molar-refractivity contribution in [1.29, 1.82) is 0 Å². The Kier molecular flexibility index (Phi) is 8.79. The zero-order chi connectivity index (χ0) is 25.7. The summed E-state index contributed by atoms with van der Waals surface area (Å²) in [4.78, 5) is 52.2. The van der Waals surface area contributed by atoms with Gasteiger partial charge in [0.15, 0.2) is 0 Å². The van der Waals surface area contributed by atoms with Gasteiger partial charge in [-0.05, 0) is 75.3 Å². The van der Waals surface area contributed by atoms with Crippen LogP contribution >= 0.6 is 22.7 Å². The highest BCUT2D eigenvalue weighted by atomic mass is 32.1. The number of carbonyl (C=O) groups is 4. The summed E-state index contributed by atoms with van der Waals surface area (Å²) >= 11 is 2.92. The number of thiophene rings is 2. The van der Waals surface area contributed by atoms with Crippen LogP contribution in [0.1, 0.15) is 93.0 Å². The smallest absolute Gasteiger partial charge is 0.341 e. The maximum Gasteiger partial charge on any atom is 0.341 e. The van der Waals surface area contributed by atoms with E-state index in [0.29, 0.717) is 34.0 Å². The number of ether oxygens (including phenoxy) is 2. The first-order valence-corrected chi connectivity index (χ1v) is 14.1. The van der Waals surface area contributed by atoms with Crippen LogP contribution in [0.5, 0.6) is 0 Å². The average molecular weight is 533 g/mol. The van der Waals surface area contributed by atoms with Gasteiger partial charge in [-0.2, -0.15) is 0 Å². The zero-order valence-corrected chi connectivity index (χ0v) is 22.4. The lowest BCUT2D eigenvalue weighted by atomic mass is 9.95. The van der Waals surface area contributed by atoms with E-state index in [1.165, 1.54) is 36.9 Å². The number of unbranched alkanes of at least 4 members (excludes halogenated alkanes) is 1. The lowest BCUT2D eigenvalue weighted by Crippen LogP contribution is -2.16. The summed E-state index contributed by atoms with van der Waals surface area (Å²) in [5.74, 6) is -1.19. The van der Waals surface area contributed by atoms with Gasteiger partial charge in [0.2, 0.25) is 11.8 Å². The fourth-order valence-corrected chi connectivity index (χ4v) is 7.48. The molecule has 0 spiro atoms. The lowest BCUT2D eigenvalue weighted by molar-refractivity contribution is -0.118. The van der Waals surface area contributed by atoms with Gasteiger partial charge >= 0.3 is 11.9 Å². The van der Waals surface area contributed by atoms with E-state index in [9.17, 15) is 19.2 Å². The van der Waals surface area contributed by atoms with E-state index in [2.05, 4.69) is 10.6 Å². The predicted molar refractivity (Wildman–Crippen MR) is 140 cm³/mol. The minimum atomic E-state index is -0.414. The Morgan fingerprint density at radius 1 is 0.667 bits per heavy atom. The fraction of sp³-hybridized carbons (Fsp3) is 0.538. The predicted octanol–water partition coefficient (Wildman–Crippen LogP) is 5.28. The third-order valence-electron chi connectivity index (χ3n) is 6.69. The number of aryl methyl sites for hydroxylation is 2. The van der Waals surface area contributed by atoms with E-state index in [0.717, 1.165) is 72.2 Å². The van der Waals surface area contributed by atoms with Gasteiger partial charge in [0.05, 0.1) is 25.3 Å². The van der Waals surface area contributed by atoms with Crippen molar-refractivity contribution in [2.45, 2.75) is 77.0 Å². The molecule has 2 aromatic rings. The summed E-state index contributed by atoms with van der Waals surface area (Å²) in [5.41, 5.74) is 2.99. The molecule has 0 radical (unpaired) electrons. The van der Waals surface area contributed by atoms with Crippen LogP contribution in [0.3, 0.4) is 0 Å². The van der Waals surface area contributed by atoms with Crippen molar-refractivity contribution in [1.82, 2.24) is 0 Å². The van der Waals surface area contributed by atoms with Crippen LogP contribution in [0.15, 0.2) is 0 Å². The number of nitrogens with one attached hydrogen (secondary N) is 2. The largest absolute Gasteiger partial charge is 0.465 e. The molecular weight excluding hydrogens is 500 g/mol. The normalized spacial score (nSPS) is 14.4. The van der Waals surface area contributed by atoms with E-state index in [1.807, 2.05) is 0 Å². The van der Waals surface area contributed by atoms with Crippen LogP contribution in [0.2, 0.25) is 0 Å². The molecule has 0 saturated heterocycles. The molecular formula is C26H32N2O6S2. The molecule has 0 aliphatic heterocycles. The third-order valence-corrected chi connectivity index (χ3v) is 9.10. The van der Waals surface area contributed by atoms with Crippen molar-refractivity contribution in [2.75, 3.05) is 24.9 Å². The quantitative estimate of drug-likeness (QED) is 0.336. The standard InChI is InChI=1S/C26H32N2O6S2/c1-33-25(31)21-15-9-3-5-11-17(15)35-23(21)27-19(29)13-7-8-14-20(30)28-24-22(26(32)34-2)16-10-4-6-12-18(16)36-24/h3-14H2,1-2H3,(H,27,29)(H,28,30). The number of carbonyl (C=O) groups excluding carboxylic acids is 4. The van der Waals surface area contributed by atoms with Crippen LogP contribution in [0, 0.1) is 0 Å². The molecule has 36 heavy (non-hydrogen) atoms. The van der Waals surface area contributed by atoms with E-state index in [4.69, 9.17) is 9.47 Å². The Bertz CT molecular complexity index is 1080. The van der Waals surface area contributed by atoms with Crippen molar-refractivity contribution in [2.24, 2.45) is 0 Å². The molecule has 0 atom stereocenters. The molecule has 0 saturated carbocycles. The molecule has 2 aliphatic carbocycles. The Labute approximate surface area is 218 Å². The van der Waals surface area contributed by atoms with E-state index < -0.39 is 11.9 Å². The summed E-state index contributed by atoms with van der Waals surface area (Å²) in [6.45, 7) is 0. The Morgan fingerprint density at radius 3 is 1.44 bits per heavy atom. The second-order valence-electron chi connectivity index (χ2n) is 9.12. The summed E-state index contributed by atoms with van der Waals surface area (Å²) < 4.78 is 9.91. The van der Waals surface area contributed by atoms with E-state index in [-0.39, 0.29) is 24.7 Å². The minimum Gasteiger partial charge on any atom is -0.465 e. The Hall–Kier alpha value is -2.72. The van der Waals surface area contributed by atoms with Gasteiger partial charge in [-0.1, -0.05) is 0 Å². The molecule has 0 fully saturated rings. The first-order chi connectivity index (χ1) is 17.4. The van der Waals surface area contributed by atoms with Crippen LogP contribution in [0.25, 0.3) is 0 Å². The molecule has 194 valence electrons. The van der Waals surface area contributed by atoms with Gasteiger partial charge in [-0.3, -0.25) is 9.59 Å². The van der Waals surface area contributed by atoms with Crippen LogP contribution < -0.4 is 10.6 Å². The van der Waals surface area contributed by atoms with Crippen LogP contribution in [-0.2, 0) is 44.7 Å². The minimum absolute atomic E-state index is 0.182. The molecule has 8 nitrogen and oxygen atoms in total. The summed E-state index contributed by atoms with van der Waals surface area (Å²) in [6, 6.07) is 0. The second-order valence-corrected chi connectivity index (χ2v) is 11.3. The van der Waals surface area contributed by atoms with Crippen molar-refractivity contribution in [3.8, 4) is 0 Å². The molecule has 2 amide bonds. The number of amides is 2. The number of fused-ring (bicyclic) bond motifs is 2. The highest BCUT2D eigenvalue weighted by Gasteiger charge is 2.28. The maximum absolute atomic E-state index is 12.6. The first kappa shape index (κ1) is 26.3. The molecule has 4 rings (SSSR count). The monoisotopic (exact) mass is 532 g/mol. The molecule has 2 aliphatic rings. The van der Waals surface area contributed by atoms with Crippen molar-refractivity contribution < 1.29 is 28.7 Å². The topological polar surface area (TPSA) is 111 Å². The van der Waals surface area contributed by atoms with Crippen molar-refractivity contribution in [3.05, 3.63) is 32.0 Å². The lowest BCUT2D eigenvalue weighted by Gasteiger charge is -2.12. The summed E-state index contributed by atoms with van der Waals surface area (Å²) in [5, 5.41) is 6.91. The molecule has 0 unspecified atom stereocenters. The zero-order valence-electron chi connectivity index (χ0n) is 20.8. The SMILES string of the molecule is COC(=O)c1c(NC(=O)CCCCC(=O)Nc2sc3c(c2C(=O)OC)CCCC3)sc2c1CCCC2. The number of anilines is 2. The molecule has 2 heterocycles. The van der Waals surface area contributed by atoms with Crippen LogP contribution in [0.4, 0.5) is 10.0 Å². The summed E-state index contributed by atoms with van der Waals surface area (Å²) in [7, 11) is 2.71. The number of hydrogen-bond acceptors (Lipinski definition) is 8. The molecule has 2 N–H and O–H groups in total. The van der Waals surface area contributed by atoms with Gasteiger partial charge in [0.1, 0.15) is 10.0 Å². The molecule has 10 heteroatoms. The Morgan fingerprint density at radius 2 is 1.06 bits per heavy atom. The number of hydrogen-bond donors (Lipinski definition) is 2. The van der Waals surface area contributed by atoms with Crippen molar-refractivity contribution >= 4 is 56.4 Å². The van der Waals surface area contributed by atoms with Crippen molar-refractivity contribution in [3.63, 3.8) is 0 Å². The molecule has 0 bridgehead atoms. The summed E-state index contributed by atoms with van der Waals surface area (Å²) in [6.07, 6.45) is 9.26. The second kappa shape index (κ2) is 12.0. The molecule has 0 aromatic carbocycles. The van der Waals surface area contributed by atoms with Gasteiger partial charge < -0.3 is 20.1 Å². The van der Waals surface area contributed by atoms with Gasteiger partial charge in [0.25, 0.3) is 0 Å². The Balaban J connectivity index is 1.29. The fourth-order valence-electron chi connectivity index (χ4n) is 4.89. The highest BCUT2D eigenvalue weighted by molar-refractivity contribution is 7.17. The number of esters is 2. The van der Waals surface area contributed by atoms with Gasteiger partial charge in [-0.25, -0.2) is 9.59 Å². The maximum atomic E-state index is 12.6. The molecule has 2 aromatic heterocycles. The van der Waals surface area contributed by atoms with Crippen LogP contribution in [-0.4, -0.2) is 38.0 Å². The van der Waals surface area contributed by atoms with Gasteiger partial charge in [0, 0.05) is 22.6 Å². The number of rotatable bonds is 9. The van der Waals surface area contributed by atoms with E-state index in [1.54, 1.807) is 0 Å². The highest BCUT2D eigenvalue weighted by Crippen LogP contribution is 2.39.